The van der Waals surface area contributed by atoms with Gasteiger partial charge < -0.3 is 14.4 Å². The number of carbonyl (C=O) groups is 1. The Balaban J connectivity index is 2.37. The second kappa shape index (κ2) is 6.07. The highest BCUT2D eigenvalue weighted by molar-refractivity contribution is 7.87. The summed E-state index contributed by atoms with van der Waals surface area (Å²) < 4.78 is 29.4. The van der Waals surface area contributed by atoms with E-state index in [0.29, 0.717) is 0 Å². The Hall–Kier alpha value is -2.54. The molecule has 0 aromatic heterocycles. The van der Waals surface area contributed by atoms with Gasteiger partial charge in [-0.3, -0.25) is 4.79 Å². The van der Waals surface area contributed by atoms with Crippen molar-refractivity contribution in [1.82, 2.24) is 0 Å². The molecule has 2 aromatic carbocycles. The van der Waals surface area contributed by atoms with Crippen LogP contribution in [0.1, 0.15) is 11.1 Å². The summed E-state index contributed by atoms with van der Waals surface area (Å²) in [5.74, 6) is -1.46. The SMILES string of the molecule is Cc1ccc(S(=O)(=O)Oc2ccc(O)cc2CC(=O)O)cc1. The van der Waals surface area contributed by atoms with Gasteiger partial charge in [-0.15, -0.1) is 0 Å². The van der Waals surface area contributed by atoms with Crippen molar-refractivity contribution in [1.29, 1.82) is 0 Å². The fourth-order valence-electron chi connectivity index (χ4n) is 1.82. The lowest BCUT2D eigenvalue weighted by molar-refractivity contribution is -0.136. The summed E-state index contributed by atoms with van der Waals surface area (Å²) in [5, 5.41) is 18.2. The smallest absolute Gasteiger partial charge is 0.339 e. The average molecular weight is 322 g/mol. The minimum absolute atomic E-state index is 0.0348. The third-order valence-electron chi connectivity index (χ3n) is 2.89. The van der Waals surface area contributed by atoms with E-state index in [-0.39, 0.29) is 22.0 Å². The molecule has 0 radical (unpaired) electrons. The second-order valence-corrected chi connectivity index (χ2v) is 6.26. The molecule has 2 N–H and O–H groups in total. The lowest BCUT2D eigenvalue weighted by Crippen LogP contribution is -2.12. The van der Waals surface area contributed by atoms with Crippen molar-refractivity contribution < 1.29 is 27.6 Å². The van der Waals surface area contributed by atoms with E-state index in [2.05, 4.69) is 0 Å². The van der Waals surface area contributed by atoms with Crippen LogP contribution in [0.5, 0.6) is 11.5 Å². The third-order valence-corrected chi connectivity index (χ3v) is 4.14. The molecule has 22 heavy (non-hydrogen) atoms. The van der Waals surface area contributed by atoms with Gasteiger partial charge >= 0.3 is 16.1 Å². The van der Waals surface area contributed by atoms with Gasteiger partial charge in [-0.05, 0) is 37.3 Å². The summed E-state index contributed by atoms with van der Waals surface area (Å²) in [7, 11) is -4.08. The van der Waals surface area contributed by atoms with E-state index in [9.17, 15) is 18.3 Å². The molecule has 0 saturated carbocycles. The number of aromatic hydroxyl groups is 1. The largest absolute Gasteiger partial charge is 0.508 e. The van der Waals surface area contributed by atoms with Crippen molar-refractivity contribution in [3.8, 4) is 11.5 Å². The molecule has 0 saturated heterocycles. The maximum Gasteiger partial charge on any atom is 0.339 e. The maximum absolute atomic E-state index is 12.2. The van der Waals surface area contributed by atoms with E-state index in [0.717, 1.165) is 11.6 Å². The first-order valence-corrected chi connectivity index (χ1v) is 7.73. The Kier molecular flexibility index (Phi) is 4.37. The summed E-state index contributed by atoms with van der Waals surface area (Å²) in [6, 6.07) is 9.68. The van der Waals surface area contributed by atoms with Gasteiger partial charge in [0, 0.05) is 5.56 Å². The number of benzene rings is 2. The molecule has 116 valence electrons. The van der Waals surface area contributed by atoms with Crippen LogP contribution < -0.4 is 4.18 Å². The van der Waals surface area contributed by atoms with Crippen LogP contribution in [0.15, 0.2) is 47.4 Å². The van der Waals surface area contributed by atoms with Gasteiger partial charge in [0.05, 0.1) is 6.42 Å². The van der Waals surface area contributed by atoms with E-state index in [1.807, 2.05) is 6.92 Å². The standard InChI is InChI=1S/C15H14O6S/c1-10-2-5-13(6-3-10)22(19,20)21-14-7-4-12(16)8-11(14)9-15(17)18/h2-8,16H,9H2,1H3,(H,17,18). The van der Waals surface area contributed by atoms with Gasteiger partial charge in [-0.2, -0.15) is 8.42 Å². The van der Waals surface area contributed by atoms with Crippen LogP contribution in [0.4, 0.5) is 0 Å². The van der Waals surface area contributed by atoms with Gasteiger partial charge in [0.2, 0.25) is 0 Å². The summed E-state index contributed by atoms with van der Waals surface area (Å²) >= 11 is 0. The molecule has 2 rings (SSSR count). The minimum atomic E-state index is -4.08. The Labute approximate surface area is 127 Å². The summed E-state index contributed by atoms with van der Waals surface area (Å²) in [5.41, 5.74) is 0.971. The van der Waals surface area contributed by atoms with Gasteiger partial charge in [0.25, 0.3) is 0 Å². The first kappa shape index (κ1) is 15.8. The Morgan fingerprint density at radius 3 is 2.36 bits per heavy atom. The molecular formula is C15H14O6S. The minimum Gasteiger partial charge on any atom is -0.508 e. The lowest BCUT2D eigenvalue weighted by Gasteiger charge is -2.11. The molecule has 0 amide bonds. The van der Waals surface area contributed by atoms with Gasteiger partial charge in [0.15, 0.2) is 0 Å². The number of rotatable bonds is 5. The van der Waals surface area contributed by atoms with Crippen LogP contribution in [-0.2, 0) is 21.3 Å². The predicted octanol–water partition coefficient (Wildman–Crippen LogP) is 2.10. The highest BCUT2D eigenvalue weighted by Gasteiger charge is 2.19. The molecule has 0 fully saturated rings. The zero-order chi connectivity index (χ0) is 16.3. The molecule has 6 nitrogen and oxygen atoms in total. The molecule has 0 aliphatic heterocycles. The van der Waals surface area contributed by atoms with Crippen molar-refractivity contribution >= 4 is 16.1 Å². The van der Waals surface area contributed by atoms with Crippen LogP contribution >= 0.6 is 0 Å². The molecule has 0 unspecified atom stereocenters. The van der Waals surface area contributed by atoms with E-state index in [4.69, 9.17) is 9.29 Å². The van der Waals surface area contributed by atoms with E-state index < -0.39 is 22.5 Å². The van der Waals surface area contributed by atoms with E-state index in [1.54, 1.807) is 12.1 Å². The predicted molar refractivity (Wildman–Crippen MR) is 78.4 cm³/mol. The van der Waals surface area contributed by atoms with Crippen molar-refractivity contribution in [2.75, 3.05) is 0 Å². The summed E-state index contributed by atoms with van der Waals surface area (Å²) in [6.07, 6.45) is -0.465. The van der Waals surface area contributed by atoms with Crippen LogP contribution in [-0.4, -0.2) is 24.6 Å². The van der Waals surface area contributed by atoms with Gasteiger partial charge in [0.1, 0.15) is 16.4 Å². The number of aliphatic carboxylic acids is 1. The third kappa shape index (κ3) is 3.76. The van der Waals surface area contributed by atoms with Crippen molar-refractivity contribution in [3.63, 3.8) is 0 Å². The summed E-state index contributed by atoms with van der Waals surface area (Å²) in [6.45, 7) is 1.82. The average Bonchev–Trinajstić information content (AvgIpc) is 2.41. The van der Waals surface area contributed by atoms with Crippen molar-refractivity contribution in [2.45, 2.75) is 18.2 Å². The number of aryl methyl sites for hydroxylation is 1. The van der Waals surface area contributed by atoms with Gasteiger partial charge in [-0.25, -0.2) is 0 Å². The highest BCUT2D eigenvalue weighted by Crippen LogP contribution is 2.27. The van der Waals surface area contributed by atoms with Gasteiger partial charge in [-0.1, -0.05) is 17.7 Å². The number of carboxylic acids is 1. The number of hydrogen-bond acceptors (Lipinski definition) is 5. The van der Waals surface area contributed by atoms with Crippen LogP contribution in [0, 0.1) is 6.92 Å². The maximum atomic E-state index is 12.2. The van der Waals surface area contributed by atoms with E-state index in [1.165, 1.54) is 24.3 Å². The number of phenols is 1. The Bertz CT molecular complexity index is 793. The normalized spacial score (nSPS) is 11.1. The Morgan fingerprint density at radius 1 is 1.14 bits per heavy atom. The topological polar surface area (TPSA) is 101 Å². The molecule has 0 aliphatic rings. The molecule has 2 aromatic rings. The zero-order valence-corrected chi connectivity index (χ0v) is 12.5. The summed E-state index contributed by atoms with van der Waals surface area (Å²) in [4.78, 5) is 10.8. The Morgan fingerprint density at radius 2 is 1.77 bits per heavy atom. The fourth-order valence-corrected chi connectivity index (χ4v) is 2.78. The van der Waals surface area contributed by atoms with Crippen molar-refractivity contribution in [2.24, 2.45) is 0 Å². The molecule has 0 spiro atoms. The first-order valence-electron chi connectivity index (χ1n) is 6.33. The second-order valence-electron chi connectivity index (χ2n) is 4.71. The lowest BCUT2D eigenvalue weighted by atomic mass is 10.1. The molecule has 0 heterocycles. The van der Waals surface area contributed by atoms with Crippen LogP contribution in [0.25, 0.3) is 0 Å². The van der Waals surface area contributed by atoms with E-state index >= 15 is 0 Å². The number of carboxylic acid groups (broad SMARTS) is 1. The fraction of sp³-hybridized carbons (Fsp3) is 0.133. The monoisotopic (exact) mass is 322 g/mol. The molecule has 0 bridgehead atoms. The van der Waals surface area contributed by atoms with Crippen molar-refractivity contribution in [3.05, 3.63) is 53.6 Å². The molecular weight excluding hydrogens is 308 g/mol. The highest BCUT2D eigenvalue weighted by atomic mass is 32.2. The van der Waals surface area contributed by atoms with Crippen LogP contribution in [0.3, 0.4) is 0 Å². The molecule has 0 atom stereocenters. The number of hydrogen-bond donors (Lipinski definition) is 2. The first-order chi connectivity index (χ1) is 10.3. The molecule has 7 heteroatoms. The zero-order valence-electron chi connectivity index (χ0n) is 11.7. The quantitative estimate of drug-likeness (QED) is 0.818. The molecule has 0 aliphatic carbocycles. The number of phenolic OH excluding ortho intramolecular Hbond substituents is 1. The van der Waals surface area contributed by atoms with Crippen LogP contribution in [0.2, 0.25) is 0 Å².